The van der Waals surface area contributed by atoms with E-state index in [1.807, 2.05) is 6.07 Å². The molecule has 1 aliphatic heterocycles. The van der Waals surface area contributed by atoms with Gasteiger partial charge in [-0.1, -0.05) is 12.1 Å². The number of methoxy groups -OCH3 is 1. The largest absolute Gasteiger partial charge is 0.497 e. The molecule has 1 saturated heterocycles. The number of likely N-dealkylation sites (N-methyl/N-ethyl adjacent to an activating group) is 1. The molecular weight excluding hydrogens is 403 g/mol. The Morgan fingerprint density at radius 1 is 1.21 bits per heavy atom. The lowest BCUT2D eigenvalue weighted by atomic mass is 10.2. The molecule has 2 aromatic carbocycles. The van der Waals surface area contributed by atoms with Crippen molar-refractivity contribution in [2.45, 2.75) is 11.8 Å². The number of carbonyl (C=O) groups excluding carboxylic acids is 1. The minimum absolute atomic E-state index is 0.0611. The van der Waals surface area contributed by atoms with Gasteiger partial charge in [-0.15, -0.1) is 4.40 Å². The second-order valence-electron chi connectivity index (χ2n) is 5.74. The molecule has 0 aromatic heterocycles. The molecule has 9 heteroatoms. The van der Waals surface area contributed by atoms with E-state index in [0.717, 1.165) is 41.6 Å². The average molecular weight is 420 g/mol. The van der Waals surface area contributed by atoms with Crippen molar-refractivity contribution in [1.29, 1.82) is 0 Å². The number of rotatable bonds is 5. The number of amides is 1. The first-order chi connectivity index (χ1) is 13.3. The van der Waals surface area contributed by atoms with Gasteiger partial charge in [-0.25, -0.2) is 4.39 Å². The molecule has 0 unspecified atom stereocenters. The minimum Gasteiger partial charge on any atom is -0.497 e. The highest BCUT2D eigenvalue weighted by Crippen LogP contribution is 2.34. The molecule has 0 N–H and O–H groups in total. The topological polar surface area (TPSA) is 76.0 Å². The van der Waals surface area contributed by atoms with Crippen LogP contribution in [0.1, 0.15) is 12.5 Å². The zero-order chi connectivity index (χ0) is 20.3. The molecule has 1 aliphatic rings. The molecule has 1 heterocycles. The number of nitrogens with zero attached hydrogens (tertiary/aromatic N) is 2. The van der Waals surface area contributed by atoms with Crippen molar-refractivity contribution >= 4 is 38.9 Å². The Hall–Kier alpha value is -2.65. The number of hydrogen-bond acceptors (Lipinski definition) is 5. The van der Waals surface area contributed by atoms with Crippen molar-refractivity contribution in [3.05, 3.63) is 64.8 Å². The van der Waals surface area contributed by atoms with Crippen molar-refractivity contribution in [2.75, 3.05) is 13.7 Å². The summed E-state index contributed by atoms with van der Waals surface area (Å²) in [6.07, 6.45) is 1.66. The summed E-state index contributed by atoms with van der Waals surface area (Å²) in [7, 11) is -2.53. The van der Waals surface area contributed by atoms with Gasteiger partial charge >= 0.3 is 0 Å². The second-order valence-corrected chi connectivity index (χ2v) is 8.35. The van der Waals surface area contributed by atoms with Gasteiger partial charge in [0.15, 0.2) is 5.17 Å². The molecule has 28 heavy (non-hydrogen) atoms. The predicted molar refractivity (Wildman–Crippen MR) is 107 cm³/mol. The molecule has 0 aliphatic carbocycles. The fourth-order valence-electron chi connectivity index (χ4n) is 2.50. The van der Waals surface area contributed by atoms with E-state index >= 15 is 0 Å². The highest BCUT2D eigenvalue weighted by molar-refractivity contribution is 8.19. The monoisotopic (exact) mass is 420 g/mol. The standard InChI is InChI=1S/C19H17FN2O4S2/c1-3-22-18(23)17(12-13-5-4-6-15(11-13)26-2)27-19(22)21-28(24,25)16-9-7-14(20)8-10-16/h4-12H,3H2,1-2H3/b17-12-,21-19?. The van der Waals surface area contributed by atoms with E-state index in [9.17, 15) is 17.6 Å². The smallest absolute Gasteiger partial charge is 0.284 e. The molecule has 0 radical (unpaired) electrons. The van der Waals surface area contributed by atoms with Gasteiger partial charge in [0.1, 0.15) is 11.6 Å². The SMILES string of the molecule is CCN1C(=O)/C(=C/c2cccc(OC)c2)SC1=NS(=O)(=O)c1ccc(F)cc1. The van der Waals surface area contributed by atoms with Gasteiger partial charge in [0.2, 0.25) is 0 Å². The normalized spacial score (nSPS) is 17.5. The molecule has 0 atom stereocenters. The van der Waals surface area contributed by atoms with Crippen LogP contribution < -0.4 is 4.74 Å². The first-order valence-electron chi connectivity index (χ1n) is 8.30. The van der Waals surface area contributed by atoms with Crippen LogP contribution in [0.4, 0.5) is 4.39 Å². The molecule has 0 spiro atoms. The number of benzene rings is 2. The van der Waals surface area contributed by atoms with E-state index in [-0.39, 0.29) is 22.5 Å². The van der Waals surface area contributed by atoms with Crippen LogP contribution in [0.5, 0.6) is 5.75 Å². The van der Waals surface area contributed by atoms with Crippen molar-refractivity contribution < 1.29 is 22.3 Å². The van der Waals surface area contributed by atoms with Gasteiger partial charge in [-0.3, -0.25) is 9.69 Å². The van der Waals surface area contributed by atoms with Gasteiger partial charge in [0, 0.05) is 6.54 Å². The van der Waals surface area contributed by atoms with E-state index in [1.165, 1.54) is 4.90 Å². The molecule has 0 saturated carbocycles. The van der Waals surface area contributed by atoms with Crippen LogP contribution in [0.15, 0.2) is 62.7 Å². The Bertz CT molecular complexity index is 1060. The maximum atomic E-state index is 13.1. The van der Waals surface area contributed by atoms with Gasteiger partial charge in [0.05, 0.1) is 16.9 Å². The Balaban J connectivity index is 1.96. The third-order valence-electron chi connectivity index (χ3n) is 3.91. The Labute approximate surface area is 166 Å². The molecule has 2 aromatic rings. The lowest BCUT2D eigenvalue weighted by Gasteiger charge is -2.11. The van der Waals surface area contributed by atoms with Gasteiger partial charge < -0.3 is 4.74 Å². The van der Waals surface area contributed by atoms with E-state index in [0.29, 0.717) is 10.7 Å². The lowest BCUT2D eigenvalue weighted by Crippen LogP contribution is -2.29. The highest BCUT2D eigenvalue weighted by atomic mass is 32.2. The minimum atomic E-state index is -4.07. The molecule has 6 nitrogen and oxygen atoms in total. The summed E-state index contributed by atoms with van der Waals surface area (Å²) in [5, 5.41) is 0.0611. The number of carbonyl (C=O) groups is 1. The number of sulfonamides is 1. The summed E-state index contributed by atoms with van der Waals surface area (Å²) >= 11 is 0.978. The quantitative estimate of drug-likeness (QED) is 0.692. The van der Waals surface area contributed by atoms with Gasteiger partial charge in [-0.05, 0) is 66.7 Å². The van der Waals surface area contributed by atoms with Crippen molar-refractivity contribution in [1.82, 2.24) is 4.90 Å². The molecular formula is C19H17FN2O4S2. The van der Waals surface area contributed by atoms with Crippen LogP contribution >= 0.6 is 11.8 Å². The van der Waals surface area contributed by atoms with Gasteiger partial charge in [-0.2, -0.15) is 8.42 Å². The number of halogens is 1. The summed E-state index contributed by atoms with van der Waals surface area (Å²) in [6.45, 7) is 1.99. The molecule has 3 rings (SSSR count). The highest BCUT2D eigenvalue weighted by Gasteiger charge is 2.34. The molecule has 146 valence electrons. The fourth-order valence-corrected chi connectivity index (χ4v) is 4.74. The third kappa shape index (κ3) is 4.26. The maximum Gasteiger partial charge on any atom is 0.284 e. The zero-order valence-corrected chi connectivity index (χ0v) is 16.8. The number of amidine groups is 1. The van der Waals surface area contributed by atoms with E-state index in [4.69, 9.17) is 4.74 Å². The van der Waals surface area contributed by atoms with E-state index in [1.54, 1.807) is 38.3 Å². The van der Waals surface area contributed by atoms with Crippen molar-refractivity contribution in [3.8, 4) is 5.75 Å². The maximum absolute atomic E-state index is 13.1. The van der Waals surface area contributed by atoms with Crippen LogP contribution in [-0.2, 0) is 14.8 Å². The first-order valence-corrected chi connectivity index (χ1v) is 10.6. The lowest BCUT2D eigenvalue weighted by molar-refractivity contribution is -0.122. The number of ether oxygens (including phenoxy) is 1. The predicted octanol–water partition coefficient (Wildman–Crippen LogP) is 3.52. The van der Waals surface area contributed by atoms with Crippen LogP contribution in [0.25, 0.3) is 6.08 Å². The van der Waals surface area contributed by atoms with E-state index in [2.05, 4.69) is 4.40 Å². The zero-order valence-electron chi connectivity index (χ0n) is 15.1. The second kappa shape index (κ2) is 8.15. The third-order valence-corrected chi connectivity index (χ3v) is 6.31. The molecule has 1 fully saturated rings. The summed E-state index contributed by atoms with van der Waals surface area (Å²) in [5.41, 5.74) is 0.744. The van der Waals surface area contributed by atoms with Gasteiger partial charge in [0.25, 0.3) is 15.9 Å². The Morgan fingerprint density at radius 3 is 2.57 bits per heavy atom. The van der Waals surface area contributed by atoms with Crippen LogP contribution in [0.3, 0.4) is 0 Å². The fraction of sp³-hybridized carbons (Fsp3) is 0.158. The number of hydrogen-bond donors (Lipinski definition) is 0. The van der Waals surface area contributed by atoms with Crippen LogP contribution in [-0.4, -0.2) is 38.0 Å². The first kappa shape index (κ1) is 20.1. The summed E-state index contributed by atoms with van der Waals surface area (Å²) < 4.78 is 47.1. The average Bonchev–Trinajstić information content (AvgIpc) is 2.95. The Kier molecular flexibility index (Phi) is 5.85. The van der Waals surface area contributed by atoms with Crippen LogP contribution in [0.2, 0.25) is 0 Å². The van der Waals surface area contributed by atoms with Crippen molar-refractivity contribution in [2.24, 2.45) is 4.40 Å². The summed E-state index contributed by atoms with van der Waals surface area (Å²) in [6, 6.07) is 11.5. The molecule has 0 bridgehead atoms. The van der Waals surface area contributed by atoms with Crippen LogP contribution in [0, 0.1) is 5.82 Å². The molecule has 1 amide bonds. The number of thioether (sulfide) groups is 1. The van der Waals surface area contributed by atoms with E-state index < -0.39 is 15.8 Å². The summed E-state index contributed by atoms with van der Waals surface area (Å²) in [4.78, 5) is 14.1. The van der Waals surface area contributed by atoms with Crippen molar-refractivity contribution in [3.63, 3.8) is 0 Å². The Morgan fingerprint density at radius 2 is 1.93 bits per heavy atom. The summed E-state index contributed by atoms with van der Waals surface area (Å²) in [5.74, 6) is -0.232.